The lowest BCUT2D eigenvalue weighted by molar-refractivity contribution is -0.355. The van der Waals surface area contributed by atoms with Crippen LogP contribution in [0.1, 0.15) is 114 Å². The molecule has 2 N–H and O–H groups in total. The van der Waals surface area contributed by atoms with Crippen molar-refractivity contribution in [2.45, 2.75) is 133 Å². The zero-order chi connectivity index (χ0) is 34.0. The van der Waals surface area contributed by atoms with Crippen LogP contribution in [-0.2, 0) is 6.42 Å². The first kappa shape index (κ1) is 37.0. The second-order valence-corrected chi connectivity index (χ2v) is 14.7. The number of benzene rings is 1. The molecule has 4 rings (SSSR count). The van der Waals surface area contributed by atoms with Gasteiger partial charge in [0.1, 0.15) is 5.75 Å². The predicted molar refractivity (Wildman–Crippen MR) is 166 cm³/mol. The van der Waals surface area contributed by atoms with E-state index in [0.717, 1.165) is 70.8 Å². The van der Waals surface area contributed by atoms with E-state index in [-0.39, 0.29) is 29.8 Å². The van der Waals surface area contributed by atoms with Gasteiger partial charge in [-0.15, -0.1) is 6.58 Å². The van der Waals surface area contributed by atoms with Gasteiger partial charge in [0.05, 0.1) is 6.10 Å². The first-order valence-corrected chi connectivity index (χ1v) is 17.1. The van der Waals surface area contributed by atoms with Crippen LogP contribution in [-0.4, -0.2) is 59.4 Å². The number of alkyl halides is 7. The maximum atomic E-state index is 13.4. The Kier molecular flexibility index (Phi) is 11.5. The van der Waals surface area contributed by atoms with Crippen molar-refractivity contribution in [1.29, 1.82) is 0 Å². The Balaban J connectivity index is 1.20. The standard InChI is InChI=1S/C36H52F7NO2/c1-4-33-20-18-25-23-27(45)14-15-28(25)31(33)26(24-32(2)29(33)16-17-30(32)46)13-9-5-7-11-21-44(3)22-12-8-6-10-19-34(37,38)35(39,40)36(41,42)43/h4,14-15,23,26,29-31,45-46H,1,5-13,16-22,24H2,2-3H3/t26?,29-,30+,31-,32+,33?/m1/s1. The molecule has 3 aliphatic rings. The quantitative estimate of drug-likeness (QED) is 0.105. The predicted octanol–water partition coefficient (Wildman–Crippen LogP) is 10.1. The number of allylic oxidation sites excluding steroid dienone is 1. The molecule has 1 aromatic carbocycles. The Hall–Kier alpha value is -1.81. The van der Waals surface area contributed by atoms with Crippen LogP contribution in [0.25, 0.3) is 0 Å². The maximum absolute atomic E-state index is 13.4. The zero-order valence-corrected chi connectivity index (χ0v) is 27.3. The summed E-state index contributed by atoms with van der Waals surface area (Å²) in [5, 5.41) is 21.3. The minimum absolute atomic E-state index is 0.0587. The Morgan fingerprint density at radius 1 is 0.935 bits per heavy atom. The number of aliphatic hydroxyl groups is 1. The number of phenolic OH excluding ortho intramolecular Hbond substituents is 1. The summed E-state index contributed by atoms with van der Waals surface area (Å²) in [4.78, 5) is 2.14. The number of rotatable bonds is 16. The Morgan fingerprint density at radius 2 is 1.57 bits per heavy atom. The Morgan fingerprint density at radius 3 is 2.20 bits per heavy atom. The van der Waals surface area contributed by atoms with Crippen molar-refractivity contribution < 1.29 is 40.9 Å². The van der Waals surface area contributed by atoms with Gasteiger partial charge >= 0.3 is 18.0 Å². The van der Waals surface area contributed by atoms with E-state index < -0.39 is 24.4 Å². The van der Waals surface area contributed by atoms with E-state index in [2.05, 4.69) is 30.5 Å². The minimum Gasteiger partial charge on any atom is -0.508 e. The van der Waals surface area contributed by atoms with Gasteiger partial charge in [-0.1, -0.05) is 51.2 Å². The number of aliphatic hydroxyl groups excluding tert-OH is 1. The lowest BCUT2D eigenvalue weighted by atomic mass is 9.44. The fraction of sp³-hybridized carbons (Fsp3) is 0.778. The molecule has 0 radical (unpaired) electrons. The highest BCUT2D eigenvalue weighted by molar-refractivity contribution is 5.43. The smallest absolute Gasteiger partial charge is 0.459 e. The molecule has 2 fully saturated rings. The molecule has 0 bridgehead atoms. The number of hydrogen-bond acceptors (Lipinski definition) is 3. The van der Waals surface area contributed by atoms with Gasteiger partial charge in [-0.25, -0.2) is 0 Å². The summed E-state index contributed by atoms with van der Waals surface area (Å²) in [6.45, 7) is 8.23. The third kappa shape index (κ3) is 7.28. The normalized spacial score (nSPS) is 29.8. The molecule has 0 spiro atoms. The van der Waals surface area contributed by atoms with Crippen LogP contribution in [0.15, 0.2) is 30.9 Å². The van der Waals surface area contributed by atoms with E-state index in [1.807, 2.05) is 13.1 Å². The maximum Gasteiger partial charge on any atom is 0.459 e. The Labute approximate surface area is 269 Å². The van der Waals surface area contributed by atoms with Crippen LogP contribution in [0.2, 0.25) is 0 Å². The molecule has 1 aromatic rings. The van der Waals surface area contributed by atoms with Crippen LogP contribution in [0.4, 0.5) is 30.7 Å². The van der Waals surface area contributed by atoms with Crippen molar-refractivity contribution in [1.82, 2.24) is 4.90 Å². The van der Waals surface area contributed by atoms with E-state index in [9.17, 15) is 40.9 Å². The van der Waals surface area contributed by atoms with Gasteiger partial charge in [-0.3, -0.25) is 0 Å². The molecule has 46 heavy (non-hydrogen) atoms. The average Bonchev–Trinajstić information content (AvgIpc) is 3.29. The molecule has 3 nitrogen and oxygen atoms in total. The molecule has 10 heteroatoms. The van der Waals surface area contributed by atoms with Crippen molar-refractivity contribution in [3.63, 3.8) is 0 Å². The number of nitrogens with zero attached hydrogens (tertiary/aromatic N) is 1. The molecule has 0 aliphatic heterocycles. The second-order valence-electron chi connectivity index (χ2n) is 14.7. The molecule has 6 atom stereocenters. The molecule has 3 aliphatic carbocycles. The summed E-state index contributed by atoms with van der Waals surface area (Å²) >= 11 is 0. The molecule has 0 aromatic heterocycles. The molecular weight excluding hydrogens is 611 g/mol. The third-order valence-corrected chi connectivity index (χ3v) is 11.8. The van der Waals surface area contributed by atoms with Crippen LogP contribution in [0.5, 0.6) is 5.75 Å². The topological polar surface area (TPSA) is 43.7 Å². The van der Waals surface area contributed by atoms with Crippen molar-refractivity contribution in [2.24, 2.45) is 22.7 Å². The van der Waals surface area contributed by atoms with Crippen LogP contribution in [0, 0.1) is 22.7 Å². The lowest BCUT2D eigenvalue weighted by Crippen LogP contribution is -2.54. The van der Waals surface area contributed by atoms with E-state index in [4.69, 9.17) is 0 Å². The molecular formula is C36H52F7NO2. The van der Waals surface area contributed by atoms with E-state index in [0.29, 0.717) is 42.9 Å². The van der Waals surface area contributed by atoms with E-state index in [1.165, 1.54) is 11.1 Å². The van der Waals surface area contributed by atoms with Crippen molar-refractivity contribution >= 4 is 0 Å². The number of fused-ring (bicyclic) bond motifs is 5. The zero-order valence-electron chi connectivity index (χ0n) is 27.3. The number of hydrogen-bond donors (Lipinski definition) is 2. The van der Waals surface area contributed by atoms with Crippen molar-refractivity contribution in [3.05, 3.63) is 42.0 Å². The van der Waals surface area contributed by atoms with Gasteiger partial charge in [0.15, 0.2) is 0 Å². The average molecular weight is 664 g/mol. The summed E-state index contributed by atoms with van der Waals surface area (Å²) < 4.78 is 89.7. The number of phenols is 1. The SMILES string of the molecule is C=CC12CCc3cc(O)ccc3[C@H]1C(CCCCCCN(C)CCCCCCC(F)(F)C(F)(F)C(F)(F)F)C[C@]1(C)[C@@H](O)CC[C@@H]21. The Bertz CT molecular complexity index is 1170. The van der Waals surface area contributed by atoms with Gasteiger partial charge in [0.2, 0.25) is 0 Å². The first-order valence-electron chi connectivity index (χ1n) is 17.1. The highest BCUT2D eigenvalue weighted by Crippen LogP contribution is 2.69. The van der Waals surface area contributed by atoms with Gasteiger partial charge in [-0.2, -0.15) is 30.7 Å². The fourth-order valence-corrected chi connectivity index (χ4v) is 9.39. The molecule has 2 unspecified atom stereocenters. The third-order valence-electron chi connectivity index (χ3n) is 11.8. The van der Waals surface area contributed by atoms with Crippen LogP contribution >= 0.6 is 0 Å². The number of aryl methyl sites for hydroxylation is 1. The number of aromatic hydroxyl groups is 1. The fourth-order valence-electron chi connectivity index (χ4n) is 9.39. The summed E-state index contributed by atoms with van der Waals surface area (Å²) in [6, 6.07) is 5.85. The molecule has 0 heterocycles. The summed E-state index contributed by atoms with van der Waals surface area (Å²) in [6.07, 6.45) is 5.15. The van der Waals surface area contributed by atoms with Gasteiger partial charge < -0.3 is 15.1 Å². The number of halogens is 7. The highest BCUT2D eigenvalue weighted by Gasteiger charge is 2.72. The van der Waals surface area contributed by atoms with Crippen molar-refractivity contribution in [3.8, 4) is 5.75 Å². The monoisotopic (exact) mass is 663 g/mol. The van der Waals surface area contributed by atoms with Crippen LogP contribution < -0.4 is 0 Å². The summed E-state index contributed by atoms with van der Waals surface area (Å²) in [7, 11) is 1.97. The second kappa shape index (κ2) is 14.4. The summed E-state index contributed by atoms with van der Waals surface area (Å²) in [5.41, 5.74) is 2.39. The summed E-state index contributed by atoms with van der Waals surface area (Å²) in [5.74, 6) is -9.67. The first-order chi connectivity index (χ1) is 21.5. The minimum atomic E-state index is -6.26. The van der Waals surface area contributed by atoms with Gasteiger partial charge in [0.25, 0.3) is 0 Å². The highest BCUT2D eigenvalue weighted by atomic mass is 19.4. The number of unbranched alkanes of at least 4 members (excludes halogenated alkanes) is 6. The van der Waals surface area contributed by atoms with Gasteiger partial charge in [0, 0.05) is 6.42 Å². The molecule has 0 amide bonds. The van der Waals surface area contributed by atoms with Crippen LogP contribution in [0.3, 0.4) is 0 Å². The molecule has 262 valence electrons. The van der Waals surface area contributed by atoms with Gasteiger partial charge in [-0.05, 0) is 130 Å². The van der Waals surface area contributed by atoms with E-state index >= 15 is 0 Å². The molecule has 2 saturated carbocycles. The largest absolute Gasteiger partial charge is 0.508 e. The lowest BCUT2D eigenvalue weighted by Gasteiger charge is -2.60. The molecule has 0 saturated heterocycles. The van der Waals surface area contributed by atoms with E-state index in [1.54, 1.807) is 6.07 Å². The van der Waals surface area contributed by atoms with Crippen molar-refractivity contribution in [2.75, 3.05) is 20.1 Å².